The number of pyridine rings is 1. The molecule has 1 fully saturated rings. The molecule has 18 heavy (non-hydrogen) atoms. The summed E-state index contributed by atoms with van der Waals surface area (Å²) in [5.41, 5.74) is 0.634. The van der Waals surface area contributed by atoms with Gasteiger partial charge in [0.15, 0.2) is 0 Å². The third-order valence-corrected chi connectivity index (χ3v) is 3.79. The summed E-state index contributed by atoms with van der Waals surface area (Å²) in [4.78, 5) is 18.0. The van der Waals surface area contributed by atoms with Gasteiger partial charge in [-0.25, -0.2) is 0 Å². The summed E-state index contributed by atoms with van der Waals surface area (Å²) in [5.74, 6) is 0.111. The third kappa shape index (κ3) is 2.53. The molecule has 1 saturated heterocycles. The van der Waals surface area contributed by atoms with E-state index in [9.17, 15) is 9.90 Å². The molecule has 1 aromatic heterocycles. The van der Waals surface area contributed by atoms with E-state index in [1.165, 1.54) is 0 Å². The number of likely N-dealkylation sites (tertiary alicyclic amines) is 1. The van der Waals surface area contributed by atoms with Crippen molar-refractivity contribution in [2.45, 2.75) is 44.8 Å². The standard InChI is InChI=1S/C14H20N2O2/c1-14(2)12(17)7-9-16(14)13(18)6-5-11-4-3-8-15-10-11/h3-4,8,10,12,17H,5-7,9H2,1-2H3. The minimum Gasteiger partial charge on any atom is -0.391 e. The Labute approximate surface area is 108 Å². The van der Waals surface area contributed by atoms with Crippen molar-refractivity contribution in [2.75, 3.05) is 6.54 Å². The van der Waals surface area contributed by atoms with Crippen LogP contribution in [0.15, 0.2) is 24.5 Å². The highest BCUT2D eigenvalue weighted by atomic mass is 16.3. The number of nitrogens with zero attached hydrogens (tertiary/aromatic N) is 2. The predicted molar refractivity (Wildman–Crippen MR) is 69.0 cm³/mol. The number of carbonyl (C=O) groups is 1. The Balaban J connectivity index is 1.93. The fourth-order valence-electron chi connectivity index (χ4n) is 2.45. The molecule has 0 aliphatic carbocycles. The van der Waals surface area contributed by atoms with Crippen molar-refractivity contribution < 1.29 is 9.90 Å². The SMILES string of the molecule is CC1(C)C(O)CCN1C(=O)CCc1cccnc1. The van der Waals surface area contributed by atoms with Gasteiger partial charge in [0, 0.05) is 25.4 Å². The van der Waals surface area contributed by atoms with Crippen molar-refractivity contribution in [3.8, 4) is 0 Å². The van der Waals surface area contributed by atoms with E-state index in [1.807, 2.05) is 26.0 Å². The predicted octanol–water partition coefficient (Wildman–Crippen LogP) is 1.39. The van der Waals surface area contributed by atoms with Gasteiger partial charge in [0.05, 0.1) is 11.6 Å². The lowest BCUT2D eigenvalue weighted by atomic mass is 9.98. The van der Waals surface area contributed by atoms with Gasteiger partial charge >= 0.3 is 0 Å². The van der Waals surface area contributed by atoms with Crippen molar-refractivity contribution in [2.24, 2.45) is 0 Å². The van der Waals surface area contributed by atoms with Crippen LogP contribution in [0.4, 0.5) is 0 Å². The molecule has 1 atom stereocenters. The van der Waals surface area contributed by atoms with Gasteiger partial charge in [0.25, 0.3) is 0 Å². The molecule has 1 aliphatic heterocycles. The topological polar surface area (TPSA) is 53.4 Å². The van der Waals surface area contributed by atoms with E-state index in [4.69, 9.17) is 0 Å². The zero-order valence-electron chi connectivity index (χ0n) is 11.0. The first-order valence-electron chi connectivity index (χ1n) is 6.39. The van der Waals surface area contributed by atoms with Crippen molar-refractivity contribution in [1.82, 2.24) is 9.88 Å². The summed E-state index contributed by atoms with van der Waals surface area (Å²) in [6.45, 7) is 4.50. The maximum atomic E-state index is 12.2. The second kappa shape index (κ2) is 5.06. The average molecular weight is 248 g/mol. The van der Waals surface area contributed by atoms with Gasteiger partial charge in [-0.3, -0.25) is 9.78 Å². The molecular formula is C14H20N2O2. The smallest absolute Gasteiger partial charge is 0.223 e. The Kier molecular flexibility index (Phi) is 3.66. The van der Waals surface area contributed by atoms with Gasteiger partial charge in [-0.2, -0.15) is 0 Å². The lowest BCUT2D eigenvalue weighted by Crippen LogP contribution is -2.48. The number of hydrogen-bond acceptors (Lipinski definition) is 3. The zero-order chi connectivity index (χ0) is 13.2. The monoisotopic (exact) mass is 248 g/mol. The van der Waals surface area contributed by atoms with Crippen LogP contribution in [-0.4, -0.2) is 39.1 Å². The van der Waals surface area contributed by atoms with Crippen LogP contribution in [0, 0.1) is 0 Å². The summed E-state index contributed by atoms with van der Waals surface area (Å²) < 4.78 is 0. The molecule has 4 heteroatoms. The first kappa shape index (κ1) is 13.0. The van der Waals surface area contributed by atoms with Gasteiger partial charge in [-0.15, -0.1) is 0 Å². The minimum atomic E-state index is -0.438. The summed E-state index contributed by atoms with van der Waals surface area (Å²) in [6, 6.07) is 3.85. The van der Waals surface area contributed by atoms with Gasteiger partial charge < -0.3 is 10.0 Å². The second-order valence-corrected chi connectivity index (χ2v) is 5.36. The van der Waals surface area contributed by atoms with Crippen LogP contribution in [0.3, 0.4) is 0 Å². The largest absolute Gasteiger partial charge is 0.391 e. The summed E-state index contributed by atoms with van der Waals surface area (Å²) in [6.07, 6.45) is 4.95. The molecule has 0 spiro atoms. The number of aliphatic hydroxyl groups excluding tert-OH is 1. The number of hydrogen-bond donors (Lipinski definition) is 1. The maximum absolute atomic E-state index is 12.2. The maximum Gasteiger partial charge on any atom is 0.223 e. The first-order valence-corrected chi connectivity index (χ1v) is 6.39. The van der Waals surface area contributed by atoms with Crippen LogP contribution in [0.5, 0.6) is 0 Å². The Hall–Kier alpha value is -1.42. The number of aryl methyl sites for hydroxylation is 1. The van der Waals surface area contributed by atoms with Crippen LogP contribution in [0.2, 0.25) is 0 Å². The van der Waals surface area contributed by atoms with Crippen LogP contribution in [0.25, 0.3) is 0 Å². The second-order valence-electron chi connectivity index (χ2n) is 5.36. The fourth-order valence-corrected chi connectivity index (χ4v) is 2.45. The van der Waals surface area contributed by atoms with E-state index >= 15 is 0 Å². The lowest BCUT2D eigenvalue weighted by Gasteiger charge is -2.33. The summed E-state index contributed by atoms with van der Waals surface area (Å²) in [7, 11) is 0. The van der Waals surface area contributed by atoms with E-state index in [0.29, 0.717) is 25.8 Å². The molecule has 0 aromatic carbocycles. The molecule has 0 saturated carbocycles. The zero-order valence-corrected chi connectivity index (χ0v) is 11.0. The minimum absolute atomic E-state index is 0.111. The van der Waals surface area contributed by atoms with Crippen molar-refractivity contribution in [3.63, 3.8) is 0 Å². The summed E-state index contributed by atoms with van der Waals surface area (Å²) >= 11 is 0. The molecule has 98 valence electrons. The van der Waals surface area contributed by atoms with Crippen LogP contribution < -0.4 is 0 Å². The quantitative estimate of drug-likeness (QED) is 0.879. The lowest BCUT2D eigenvalue weighted by molar-refractivity contribution is -0.136. The average Bonchev–Trinajstić information content (AvgIpc) is 2.63. The molecule has 2 rings (SSSR count). The van der Waals surface area contributed by atoms with Crippen molar-refractivity contribution >= 4 is 5.91 Å². The van der Waals surface area contributed by atoms with Gasteiger partial charge in [-0.1, -0.05) is 6.07 Å². The Bertz CT molecular complexity index is 417. The van der Waals surface area contributed by atoms with Gasteiger partial charge in [0.1, 0.15) is 0 Å². The van der Waals surface area contributed by atoms with E-state index in [2.05, 4.69) is 4.98 Å². The number of aliphatic hydroxyl groups is 1. The van der Waals surface area contributed by atoms with Crippen molar-refractivity contribution in [1.29, 1.82) is 0 Å². The van der Waals surface area contributed by atoms with Crippen molar-refractivity contribution in [3.05, 3.63) is 30.1 Å². The van der Waals surface area contributed by atoms with Gasteiger partial charge in [-0.05, 0) is 38.3 Å². The fraction of sp³-hybridized carbons (Fsp3) is 0.571. The number of aromatic nitrogens is 1. The highest BCUT2D eigenvalue weighted by Gasteiger charge is 2.42. The molecule has 2 heterocycles. The highest BCUT2D eigenvalue weighted by molar-refractivity contribution is 5.77. The van der Waals surface area contributed by atoms with E-state index < -0.39 is 11.6 Å². The molecule has 0 bridgehead atoms. The summed E-state index contributed by atoms with van der Waals surface area (Å²) in [5, 5.41) is 9.86. The molecule has 1 unspecified atom stereocenters. The number of rotatable bonds is 3. The van der Waals surface area contributed by atoms with E-state index in [-0.39, 0.29) is 5.91 Å². The molecule has 0 radical (unpaired) electrons. The Morgan fingerprint density at radius 3 is 2.94 bits per heavy atom. The molecule has 1 aromatic rings. The van der Waals surface area contributed by atoms with Crippen LogP contribution in [-0.2, 0) is 11.2 Å². The number of amides is 1. The molecule has 1 N–H and O–H groups in total. The third-order valence-electron chi connectivity index (χ3n) is 3.79. The molecular weight excluding hydrogens is 228 g/mol. The normalized spacial score (nSPS) is 22.2. The molecule has 4 nitrogen and oxygen atoms in total. The van der Waals surface area contributed by atoms with Crippen LogP contribution in [0.1, 0.15) is 32.3 Å². The van der Waals surface area contributed by atoms with E-state index in [0.717, 1.165) is 5.56 Å². The Morgan fingerprint density at radius 2 is 2.39 bits per heavy atom. The van der Waals surface area contributed by atoms with E-state index in [1.54, 1.807) is 17.3 Å². The first-order chi connectivity index (χ1) is 8.51. The highest BCUT2D eigenvalue weighted by Crippen LogP contribution is 2.29. The number of carbonyl (C=O) groups excluding carboxylic acids is 1. The van der Waals surface area contributed by atoms with Crippen LogP contribution >= 0.6 is 0 Å². The molecule has 1 amide bonds. The van der Waals surface area contributed by atoms with Gasteiger partial charge in [0.2, 0.25) is 5.91 Å². The Morgan fingerprint density at radius 1 is 1.61 bits per heavy atom. The molecule has 1 aliphatic rings.